The first-order valence-electron chi connectivity index (χ1n) is 47.6. The van der Waals surface area contributed by atoms with Gasteiger partial charge >= 0.3 is 31.7 Å². The molecule has 0 bridgehead atoms. The number of phosphoric ester groups is 1. The molecule has 1 saturated carbocycles. The van der Waals surface area contributed by atoms with Crippen LogP contribution < -0.4 is 0 Å². The lowest BCUT2D eigenvalue weighted by atomic mass is 9.84. The lowest BCUT2D eigenvalue weighted by Gasteiger charge is -2.50. The highest BCUT2D eigenvalue weighted by Crippen LogP contribution is 2.49. The summed E-state index contributed by atoms with van der Waals surface area (Å²) in [6.45, 7) is 5.59. The number of aliphatic hydroxyl groups excluding tert-OH is 9. The van der Waals surface area contributed by atoms with Crippen LogP contribution in [0.4, 0.5) is 0 Å². The third kappa shape index (κ3) is 50.8. The lowest BCUT2D eigenvalue weighted by Crippen LogP contribution is -2.70. The normalized spacial score (nSPS) is 25.0. The molecule has 1 aliphatic carbocycles. The van der Waals surface area contributed by atoms with Gasteiger partial charge in [0.25, 0.3) is 0 Å². The van der Waals surface area contributed by atoms with Gasteiger partial charge in [0.2, 0.25) is 0 Å². The molecular formula is C92H169O25P. The second kappa shape index (κ2) is 71.1. The summed E-state index contributed by atoms with van der Waals surface area (Å²) in [6.07, 6.45) is 31.6. The van der Waals surface area contributed by atoms with E-state index in [2.05, 4.69) is 52.0 Å². The zero-order valence-corrected chi connectivity index (χ0v) is 74.6. The molecule has 10 N–H and O–H groups in total. The molecule has 0 aromatic rings. The summed E-state index contributed by atoms with van der Waals surface area (Å²) in [5.41, 5.74) is 0. The number of aliphatic hydroxyl groups is 9. The Morgan fingerprint density at radius 3 is 1.02 bits per heavy atom. The van der Waals surface area contributed by atoms with Gasteiger partial charge in [0.15, 0.2) is 24.8 Å². The zero-order valence-electron chi connectivity index (χ0n) is 73.7. The molecule has 0 spiro atoms. The van der Waals surface area contributed by atoms with E-state index < -0.39 is 162 Å². The van der Waals surface area contributed by atoms with E-state index in [-0.39, 0.29) is 25.7 Å². The molecule has 2 saturated heterocycles. The van der Waals surface area contributed by atoms with Crippen LogP contribution in [0.15, 0.2) is 24.3 Å². The van der Waals surface area contributed by atoms with E-state index in [1.165, 1.54) is 161 Å². The smallest absolute Gasteiger partial charge is 0.463 e. The third-order valence-corrected chi connectivity index (χ3v) is 24.2. The summed E-state index contributed by atoms with van der Waals surface area (Å²) in [5.74, 6) is -2.96. The second-order valence-corrected chi connectivity index (χ2v) is 35.3. The van der Waals surface area contributed by atoms with Crippen molar-refractivity contribution in [2.24, 2.45) is 0 Å². The van der Waals surface area contributed by atoms with Crippen molar-refractivity contribution in [3.05, 3.63) is 24.3 Å². The molecular weight excluding hydrogens is 1540 g/mol. The topological polar surface area (TPSA) is 380 Å². The van der Waals surface area contributed by atoms with Crippen molar-refractivity contribution < 1.29 is 122 Å². The average Bonchev–Trinajstić information content (AvgIpc) is 0.754. The molecule has 2 aliphatic heterocycles. The summed E-state index contributed by atoms with van der Waals surface area (Å²) >= 11 is 0. The molecule has 26 heteroatoms. The van der Waals surface area contributed by atoms with Gasteiger partial charge in [-0.05, 0) is 77.0 Å². The highest BCUT2D eigenvalue weighted by molar-refractivity contribution is 7.47. The van der Waals surface area contributed by atoms with Gasteiger partial charge in [0.05, 0.1) is 13.2 Å². The molecule has 18 unspecified atom stereocenters. The van der Waals surface area contributed by atoms with Crippen LogP contribution in [0.25, 0.3) is 0 Å². The van der Waals surface area contributed by atoms with Crippen LogP contribution >= 0.6 is 7.82 Å². The monoisotopic (exact) mass is 1710 g/mol. The fraction of sp³-hybridized carbons (Fsp3) is 0.913. The average molecular weight is 1710 g/mol. The van der Waals surface area contributed by atoms with Crippen molar-refractivity contribution in [1.82, 2.24) is 0 Å². The van der Waals surface area contributed by atoms with Crippen LogP contribution in [-0.2, 0) is 70.7 Å². The molecule has 692 valence electrons. The van der Waals surface area contributed by atoms with E-state index in [4.69, 9.17) is 46.9 Å². The third-order valence-electron chi connectivity index (χ3n) is 23.2. The van der Waals surface area contributed by atoms with E-state index in [9.17, 15) is 74.6 Å². The lowest BCUT2D eigenvalue weighted by molar-refractivity contribution is -0.360. The number of esters is 4. The molecule has 18 atom stereocenters. The van der Waals surface area contributed by atoms with Gasteiger partial charge in [-0.15, -0.1) is 0 Å². The van der Waals surface area contributed by atoms with Crippen molar-refractivity contribution in [2.45, 2.75) is 511 Å². The molecule has 3 aliphatic rings. The first kappa shape index (κ1) is 109. The number of allylic oxidation sites excluding steroid dienone is 4. The van der Waals surface area contributed by atoms with Crippen LogP contribution in [0.2, 0.25) is 0 Å². The van der Waals surface area contributed by atoms with E-state index in [1.54, 1.807) is 0 Å². The van der Waals surface area contributed by atoms with Crippen molar-refractivity contribution >= 4 is 31.7 Å². The van der Waals surface area contributed by atoms with Crippen molar-refractivity contribution in [3.8, 4) is 0 Å². The summed E-state index contributed by atoms with van der Waals surface area (Å²) in [6, 6.07) is 0. The number of carbonyl (C=O) groups is 4. The number of ether oxygens (including phenoxy) is 8. The Kier molecular flexibility index (Phi) is 65.8. The fourth-order valence-corrected chi connectivity index (χ4v) is 16.6. The Morgan fingerprint density at radius 1 is 0.331 bits per heavy atom. The number of hydrogen-bond donors (Lipinski definition) is 10. The summed E-state index contributed by atoms with van der Waals surface area (Å²) in [4.78, 5) is 66.5. The van der Waals surface area contributed by atoms with E-state index in [0.717, 1.165) is 161 Å². The van der Waals surface area contributed by atoms with Gasteiger partial charge in [0, 0.05) is 25.7 Å². The second-order valence-electron chi connectivity index (χ2n) is 33.9. The minimum Gasteiger partial charge on any atom is -0.463 e. The highest BCUT2D eigenvalue weighted by Gasteiger charge is 2.60. The highest BCUT2D eigenvalue weighted by atomic mass is 31.2. The van der Waals surface area contributed by atoms with Crippen LogP contribution in [0.3, 0.4) is 0 Å². The van der Waals surface area contributed by atoms with Crippen LogP contribution in [0.5, 0.6) is 0 Å². The van der Waals surface area contributed by atoms with Crippen molar-refractivity contribution in [3.63, 3.8) is 0 Å². The summed E-state index contributed by atoms with van der Waals surface area (Å²) < 4.78 is 73.5. The van der Waals surface area contributed by atoms with Gasteiger partial charge < -0.3 is 88.7 Å². The Hall–Kier alpha value is -3.05. The van der Waals surface area contributed by atoms with Gasteiger partial charge in [-0.2, -0.15) is 0 Å². The SMILES string of the molecule is CCCCCC/C=C\CCCCCCCCCC(=O)OCC(COP(=O)(O)OC1C(OC2OC(CO)C(O)C(O)C2O)C(O)C(O)C(OC(=O)CCCCCCCCC/C=C\CCCCCC)C1OC1OC(COC(=O)CCCCCCCCCCCCCCC)C(O)C(O)C1O)OC(=O)CCCCCCCCCCCCCCCCCC. The molecule has 0 aromatic carbocycles. The van der Waals surface area contributed by atoms with Crippen LogP contribution in [-0.4, -0.2) is 205 Å². The predicted octanol–water partition coefficient (Wildman–Crippen LogP) is 17.7. The molecule has 3 rings (SSSR count). The standard InChI is InChI=1S/C92H169O25P/c1-5-9-13-17-21-25-29-33-36-39-43-46-50-54-58-62-66-77(96)111-72(69-108-75(94)64-60-56-52-48-45-41-37-34-30-26-22-18-14-10-6-2)70-110-118(106,107)117-90-88(115-91-85(104)81(100)79(98)73(68-93)112-91)84(103)83(102)87(114-78(97)67-63-59-55-51-47-42-38-35-31-27-23-19-15-11-7-3)89(90)116-92-86(105)82(101)80(99)74(113-92)71-109-76(95)65-61-57-53-49-44-40-32-28-24-20-16-12-8-4/h26-27,30-31,72-74,79-93,98-105H,5-25,28-29,32-71H2,1-4H3,(H,106,107)/b30-26-,31-27-. The number of rotatable bonds is 77. The molecule has 0 amide bonds. The largest absolute Gasteiger partial charge is 0.472 e. The number of unbranched alkanes of at least 4 members (excludes halogenated alkanes) is 49. The Morgan fingerprint density at radius 2 is 0.636 bits per heavy atom. The van der Waals surface area contributed by atoms with Gasteiger partial charge in [-0.3, -0.25) is 28.2 Å². The number of hydrogen-bond acceptors (Lipinski definition) is 24. The number of carbonyl (C=O) groups excluding carboxylic acids is 4. The summed E-state index contributed by atoms with van der Waals surface area (Å²) in [7, 11) is -5.81. The Labute approximate surface area is 711 Å². The van der Waals surface area contributed by atoms with Crippen molar-refractivity contribution in [2.75, 3.05) is 26.4 Å². The Balaban J connectivity index is 1.92. The van der Waals surface area contributed by atoms with E-state index >= 15 is 0 Å². The predicted molar refractivity (Wildman–Crippen MR) is 458 cm³/mol. The first-order valence-corrected chi connectivity index (χ1v) is 49.1. The summed E-state index contributed by atoms with van der Waals surface area (Å²) in [5, 5.41) is 102. The number of phosphoric acid groups is 1. The fourth-order valence-electron chi connectivity index (χ4n) is 15.6. The quantitative estimate of drug-likeness (QED) is 0.00889. The van der Waals surface area contributed by atoms with Gasteiger partial charge in [-0.1, -0.05) is 328 Å². The molecule has 25 nitrogen and oxygen atoms in total. The Bertz CT molecular complexity index is 2550. The van der Waals surface area contributed by atoms with Gasteiger partial charge in [0.1, 0.15) is 92.6 Å². The van der Waals surface area contributed by atoms with Gasteiger partial charge in [-0.25, -0.2) is 4.57 Å². The van der Waals surface area contributed by atoms with Crippen LogP contribution in [0.1, 0.15) is 407 Å². The van der Waals surface area contributed by atoms with E-state index in [0.29, 0.717) is 32.1 Å². The molecule has 0 radical (unpaired) electrons. The zero-order chi connectivity index (χ0) is 86.1. The van der Waals surface area contributed by atoms with Crippen molar-refractivity contribution in [1.29, 1.82) is 0 Å². The molecule has 118 heavy (non-hydrogen) atoms. The maximum Gasteiger partial charge on any atom is 0.472 e. The minimum absolute atomic E-state index is 0.0167. The maximum absolute atomic E-state index is 14.9. The van der Waals surface area contributed by atoms with E-state index in [1.807, 2.05) is 0 Å². The first-order chi connectivity index (χ1) is 57.2. The van der Waals surface area contributed by atoms with Crippen LogP contribution in [0, 0.1) is 0 Å². The molecule has 3 fully saturated rings. The maximum atomic E-state index is 14.9. The molecule has 0 aromatic heterocycles. The minimum atomic E-state index is -5.81. The molecule has 2 heterocycles.